The molecule has 0 unspecified atom stereocenters. The molecule has 1 aliphatic heterocycles. The van der Waals surface area contributed by atoms with Crippen LogP contribution < -0.4 is 10.2 Å². The van der Waals surface area contributed by atoms with Gasteiger partial charge in [0.1, 0.15) is 5.82 Å². The number of anilines is 3. The number of ether oxygens (including phenoxy) is 1. The Bertz CT molecular complexity index is 810. The molecule has 3 aromatic rings. The van der Waals surface area contributed by atoms with Crippen molar-refractivity contribution in [3.63, 3.8) is 0 Å². The molecule has 0 spiro atoms. The minimum Gasteiger partial charge on any atom is -0.378 e. The molecule has 0 radical (unpaired) electrons. The highest BCUT2D eigenvalue weighted by atomic mass is 16.5. The van der Waals surface area contributed by atoms with E-state index in [0.717, 1.165) is 35.6 Å². The minimum atomic E-state index is 0.703. The fraction of sp³-hybridized carbons (Fsp3) is 0.312. The molecule has 7 nitrogen and oxygen atoms in total. The summed E-state index contributed by atoms with van der Waals surface area (Å²) in [6, 6.07) is 10.0. The molecule has 2 aromatic heterocycles. The normalized spacial score (nSPS) is 15.1. The summed E-state index contributed by atoms with van der Waals surface area (Å²) in [5, 5.41) is 8.60. The van der Waals surface area contributed by atoms with Crippen LogP contribution in [-0.4, -0.2) is 46.1 Å². The fourth-order valence-electron chi connectivity index (χ4n) is 2.67. The second kappa shape index (κ2) is 5.85. The lowest BCUT2D eigenvalue weighted by molar-refractivity contribution is 0.122. The zero-order chi connectivity index (χ0) is 15.6. The molecule has 7 heteroatoms. The summed E-state index contributed by atoms with van der Waals surface area (Å²) >= 11 is 0. The molecule has 0 amide bonds. The Morgan fingerprint density at radius 1 is 1.09 bits per heavy atom. The van der Waals surface area contributed by atoms with E-state index in [1.807, 2.05) is 37.4 Å². The van der Waals surface area contributed by atoms with Crippen LogP contribution in [0.3, 0.4) is 0 Å². The lowest BCUT2D eigenvalue weighted by Crippen LogP contribution is -2.37. The summed E-state index contributed by atoms with van der Waals surface area (Å²) in [5.41, 5.74) is 1.81. The third kappa shape index (κ3) is 2.70. The maximum Gasteiger partial charge on any atom is 0.229 e. The van der Waals surface area contributed by atoms with Crippen LogP contribution in [0.15, 0.2) is 36.5 Å². The van der Waals surface area contributed by atoms with E-state index in [2.05, 4.69) is 20.3 Å². The number of nitrogens with zero attached hydrogens (tertiary/aromatic N) is 5. The first-order valence-electron chi connectivity index (χ1n) is 7.66. The maximum absolute atomic E-state index is 5.41. The fourth-order valence-corrected chi connectivity index (χ4v) is 2.67. The van der Waals surface area contributed by atoms with Crippen LogP contribution in [0.4, 0.5) is 17.5 Å². The van der Waals surface area contributed by atoms with Crippen molar-refractivity contribution in [3.05, 3.63) is 36.5 Å². The number of hydrogen-bond donors (Lipinski definition) is 1. The van der Waals surface area contributed by atoms with E-state index in [4.69, 9.17) is 9.72 Å². The summed E-state index contributed by atoms with van der Waals surface area (Å²) in [6.45, 7) is 3.00. The first-order valence-corrected chi connectivity index (χ1v) is 7.66. The number of para-hydroxylation sites is 1. The van der Waals surface area contributed by atoms with E-state index in [0.29, 0.717) is 19.2 Å². The number of nitrogens with one attached hydrogen (secondary N) is 1. The lowest BCUT2D eigenvalue weighted by atomic mass is 10.3. The Morgan fingerprint density at radius 2 is 1.87 bits per heavy atom. The number of benzene rings is 1. The number of hydrogen-bond acceptors (Lipinski definition) is 6. The first-order chi connectivity index (χ1) is 11.3. The molecule has 4 rings (SSSR count). The molecule has 1 N–H and O–H groups in total. The quantitative estimate of drug-likeness (QED) is 0.797. The largest absolute Gasteiger partial charge is 0.378 e. The zero-order valence-electron chi connectivity index (χ0n) is 12.9. The summed E-state index contributed by atoms with van der Waals surface area (Å²) in [4.78, 5) is 11.6. The molecule has 0 atom stereocenters. The third-order valence-electron chi connectivity index (χ3n) is 3.91. The molecule has 23 heavy (non-hydrogen) atoms. The number of morpholine rings is 1. The average molecular weight is 310 g/mol. The third-order valence-corrected chi connectivity index (χ3v) is 3.91. The van der Waals surface area contributed by atoms with Crippen molar-refractivity contribution in [2.24, 2.45) is 7.05 Å². The minimum absolute atomic E-state index is 0.703. The zero-order valence-corrected chi connectivity index (χ0v) is 12.9. The molecule has 1 fully saturated rings. The molecule has 0 bridgehead atoms. The maximum atomic E-state index is 5.41. The Labute approximate surface area is 133 Å². The Kier molecular flexibility index (Phi) is 3.55. The predicted octanol–water partition coefficient (Wildman–Crippen LogP) is 1.94. The smallest absolute Gasteiger partial charge is 0.229 e. The summed E-state index contributed by atoms with van der Waals surface area (Å²) in [5.74, 6) is 1.48. The van der Waals surface area contributed by atoms with E-state index >= 15 is 0 Å². The van der Waals surface area contributed by atoms with Crippen LogP contribution in [0.5, 0.6) is 0 Å². The van der Waals surface area contributed by atoms with Gasteiger partial charge in [0.25, 0.3) is 0 Å². The van der Waals surface area contributed by atoms with Gasteiger partial charge in [0.05, 0.1) is 24.8 Å². The highest BCUT2D eigenvalue weighted by molar-refractivity contribution is 5.89. The van der Waals surface area contributed by atoms with Crippen molar-refractivity contribution in [2.45, 2.75) is 0 Å². The van der Waals surface area contributed by atoms with Crippen LogP contribution in [0.1, 0.15) is 0 Å². The van der Waals surface area contributed by atoms with Gasteiger partial charge < -0.3 is 15.0 Å². The van der Waals surface area contributed by atoms with Crippen molar-refractivity contribution >= 4 is 28.5 Å². The van der Waals surface area contributed by atoms with Gasteiger partial charge in [0, 0.05) is 25.8 Å². The summed E-state index contributed by atoms with van der Waals surface area (Å²) in [7, 11) is 1.89. The van der Waals surface area contributed by atoms with Crippen molar-refractivity contribution in [1.82, 2.24) is 19.7 Å². The van der Waals surface area contributed by atoms with E-state index < -0.39 is 0 Å². The van der Waals surface area contributed by atoms with E-state index in [1.165, 1.54) is 0 Å². The monoisotopic (exact) mass is 310 g/mol. The molecule has 1 aliphatic rings. The molecular formula is C16H18N6O. The molecular weight excluding hydrogens is 292 g/mol. The molecule has 3 heterocycles. The van der Waals surface area contributed by atoms with Crippen LogP contribution in [0.2, 0.25) is 0 Å². The second-order valence-corrected chi connectivity index (χ2v) is 5.47. The van der Waals surface area contributed by atoms with Gasteiger partial charge in [0.2, 0.25) is 5.95 Å². The molecule has 1 saturated heterocycles. The van der Waals surface area contributed by atoms with E-state index in [9.17, 15) is 0 Å². The SMILES string of the molecule is Cn1ncc2c(Nc3ccccc3)nc(N3CCOCC3)nc21. The van der Waals surface area contributed by atoms with Crippen molar-refractivity contribution in [3.8, 4) is 0 Å². The number of rotatable bonds is 3. The molecule has 0 saturated carbocycles. The van der Waals surface area contributed by atoms with Crippen LogP contribution in [0.25, 0.3) is 11.0 Å². The van der Waals surface area contributed by atoms with Gasteiger partial charge in [-0.3, -0.25) is 4.68 Å². The molecule has 1 aromatic carbocycles. The van der Waals surface area contributed by atoms with Crippen molar-refractivity contribution < 1.29 is 4.74 Å². The van der Waals surface area contributed by atoms with Gasteiger partial charge in [0.15, 0.2) is 5.65 Å². The van der Waals surface area contributed by atoms with Gasteiger partial charge in [-0.2, -0.15) is 15.1 Å². The van der Waals surface area contributed by atoms with Gasteiger partial charge in [-0.25, -0.2) is 0 Å². The average Bonchev–Trinajstić information content (AvgIpc) is 2.98. The topological polar surface area (TPSA) is 68.1 Å². The van der Waals surface area contributed by atoms with Crippen LogP contribution in [0, 0.1) is 0 Å². The summed E-state index contributed by atoms with van der Waals surface area (Å²) < 4.78 is 7.19. The van der Waals surface area contributed by atoms with E-state index in [-0.39, 0.29) is 0 Å². The Hall–Kier alpha value is -2.67. The van der Waals surface area contributed by atoms with E-state index in [1.54, 1.807) is 10.9 Å². The first kappa shape index (κ1) is 14.0. The lowest BCUT2D eigenvalue weighted by Gasteiger charge is -2.27. The molecule has 118 valence electrons. The van der Waals surface area contributed by atoms with Gasteiger partial charge in [-0.05, 0) is 12.1 Å². The van der Waals surface area contributed by atoms with Gasteiger partial charge >= 0.3 is 0 Å². The second-order valence-electron chi connectivity index (χ2n) is 5.47. The Morgan fingerprint density at radius 3 is 2.65 bits per heavy atom. The number of aromatic nitrogens is 4. The van der Waals surface area contributed by atoms with Crippen molar-refractivity contribution in [2.75, 3.05) is 36.5 Å². The van der Waals surface area contributed by atoms with Crippen LogP contribution in [-0.2, 0) is 11.8 Å². The van der Waals surface area contributed by atoms with Gasteiger partial charge in [-0.1, -0.05) is 18.2 Å². The highest BCUT2D eigenvalue weighted by Crippen LogP contribution is 2.26. The standard InChI is InChI=1S/C16H18N6O/c1-21-15-13(11-17-21)14(18-12-5-3-2-4-6-12)19-16(20-15)22-7-9-23-10-8-22/h2-6,11H,7-10H2,1H3,(H,18,19,20). The molecule has 0 aliphatic carbocycles. The predicted molar refractivity (Wildman–Crippen MR) is 89.1 cm³/mol. The van der Waals surface area contributed by atoms with Gasteiger partial charge in [-0.15, -0.1) is 0 Å². The van der Waals surface area contributed by atoms with Crippen molar-refractivity contribution in [1.29, 1.82) is 0 Å². The van der Waals surface area contributed by atoms with Crippen LogP contribution >= 0.6 is 0 Å². The number of fused-ring (bicyclic) bond motifs is 1. The summed E-state index contributed by atoms with van der Waals surface area (Å²) in [6.07, 6.45) is 1.80. The Balaban J connectivity index is 1.78. The highest BCUT2D eigenvalue weighted by Gasteiger charge is 2.18. The number of aryl methyl sites for hydroxylation is 1.